The molecule has 0 heterocycles. The van der Waals surface area contributed by atoms with E-state index in [0.717, 1.165) is 19.3 Å². The third-order valence-electron chi connectivity index (χ3n) is 1.52. The molecule has 1 N–H and O–H groups in total. The van der Waals surface area contributed by atoms with Gasteiger partial charge in [-0.25, -0.2) is 0 Å². The molecule has 0 aromatic carbocycles. The lowest BCUT2D eigenvalue weighted by atomic mass is 10.2. The molecule has 0 aliphatic heterocycles. The fourth-order valence-corrected chi connectivity index (χ4v) is 1.77. The Kier molecular flexibility index (Phi) is 5.14. The van der Waals surface area contributed by atoms with Crippen LogP contribution in [0.2, 0.25) is 0 Å². The Balaban J connectivity index is 3.63. The van der Waals surface area contributed by atoms with Gasteiger partial charge in [0.15, 0.2) is 5.62 Å². The van der Waals surface area contributed by atoms with E-state index in [1.54, 1.807) is 0 Å². The molecule has 0 saturated heterocycles. The molecule has 0 radical (unpaired) electrons. The zero-order chi connectivity index (χ0) is 8.20. The van der Waals surface area contributed by atoms with Crippen molar-refractivity contribution in [2.45, 2.75) is 38.8 Å². The van der Waals surface area contributed by atoms with Crippen LogP contribution in [0.1, 0.15) is 33.1 Å². The molecule has 0 spiro atoms. The Morgan fingerprint density at radius 1 is 1.70 bits per heavy atom. The van der Waals surface area contributed by atoms with Gasteiger partial charge in [0.2, 0.25) is 0 Å². The predicted molar refractivity (Wildman–Crippen MR) is 51.3 cm³/mol. The van der Waals surface area contributed by atoms with Crippen molar-refractivity contribution in [2.75, 3.05) is 0 Å². The summed E-state index contributed by atoms with van der Waals surface area (Å²) in [6.07, 6.45) is 3.19. The van der Waals surface area contributed by atoms with Gasteiger partial charge in [0, 0.05) is 5.66 Å². The second-order valence-corrected chi connectivity index (χ2v) is 8.32. The van der Waals surface area contributed by atoms with E-state index >= 15 is 0 Å². The lowest BCUT2D eigenvalue weighted by molar-refractivity contribution is 0.603. The van der Waals surface area contributed by atoms with Gasteiger partial charge in [-0.2, -0.15) is 0 Å². The van der Waals surface area contributed by atoms with E-state index in [0.29, 0.717) is 0 Å². The third-order valence-corrected chi connectivity index (χ3v) is 4.94. The predicted octanol–water partition coefficient (Wildman–Crippen LogP) is 3.11. The van der Waals surface area contributed by atoms with Crippen LogP contribution in [0.25, 0.3) is 0 Å². The first-order valence-electron chi connectivity index (χ1n) is 3.50. The fraction of sp³-hybridized carbons (Fsp3) is 1.00. The van der Waals surface area contributed by atoms with E-state index in [9.17, 15) is 4.89 Å². The smallest absolute Gasteiger partial charge is 0.151 e. The van der Waals surface area contributed by atoms with Crippen LogP contribution in [-0.2, 0) is 11.8 Å². The second-order valence-electron chi connectivity index (χ2n) is 2.54. The molecule has 0 aliphatic carbocycles. The van der Waals surface area contributed by atoms with Crippen LogP contribution < -0.4 is 0 Å². The zero-order valence-corrected chi connectivity index (χ0v) is 8.85. The van der Waals surface area contributed by atoms with Gasteiger partial charge in [-0.1, -0.05) is 49.7 Å². The van der Waals surface area contributed by atoms with Crippen LogP contribution in [-0.4, -0.2) is 10.6 Å². The molecule has 0 aromatic heterocycles. The van der Waals surface area contributed by atoms with Crippen LogP contribution in [0.5, 0.6) is 0 Å². The molecular weight excluding hydrogens is 187 g/mol. The van der Waals surface area contributed by atoms with Gasteiger partial charge in [0.1, 0.15) is 0 Å². The van der Waals surface area contributed by atoms with Gasteiger partial charge < -0.3 is 4.89 Å². The molecule has 0 saturated carbocycles. The maximum atomic E-state index is 9.20. The highest BCUT2D eigenvalue weighted by molar-refractivity contribution is 8.24. The van der Waals surface area contributed by atoms with Crippen molar-refractivity contribution in [1.82, 2.24) is 0 Å². The standard InChI is InChI=1S/C6H14ClOPS/c1-3-4-5-6(2)9(7,8)10/h6H,3-5H2,1-2H3,(H,8,10). The van der Waals surface area contributed by atoms with Gasteiger partial charge in [-0.3, -0.25) is 0 Å². The minimum Gasteiger partial charge on any atom is -0.354 e. The largest absolute Gasteiger partial charge is 0.354 e. The summed E-state index contributed by atoms with van der Waals surface area (Å²) in [4.78, 5) is 9.20. The average molecular weight is 201 g/mol. The summed E-state index contributed by atoms with van der Waals surface area (Å²) in [5.74, 6) is 0. The van der Waals surface area contributed by atoms with Gasteiger partial charge in [-0.05, 0) is 6.42 Å². The van der Waals surface area contributed by atoms with Crippen molar-refractivity contribution >= 4 is 28.7 Å². The molecule has 0 fully saturated rings. The summed E-state index contributed by atoms with van der Waals surface area (Å²) in [7, 11) is 0. The quantitative estimate of drug-likeness (QED) is 0.704. The van der Waals surface area contributed by atoms with Crippen molar-refractivity contribution in [3.8, 4) is 0 Å². The van der Waals surface area contributed by atoms with E-state index in [-0.39, 0.29) is 5.66 Å². The van der Waals surface area contributed by atoms with E-state index in [1.165, 1.54) is 0 Å². The third kappa shape index (κ3) is 4.68. The Hall–Kier alpha value is 0.900. The molecule has 0 aliphatic rings. The molecule has 0 amide bonds. The van der Waals surface area contributed by atoms with Gasteiger partial charge >= 0.3 is 0 Å². The van der Waals surface area contributed by atoms with Crippen LogP contribution in [0.3, 0.4) is 0 Å². The van der Waals surface area contributed by atoms with E-state index in [1.807, 2.05) is 6.92 Å². The highest BCUT2D eigenvalue weighted by Gasteiger charge is 2.17. The van der Waals surface area contributed by atoms with Gasteiger partial charge in [0.05, 0.1) is 0 Å². The van der Waals surface area contributed by atoms with E-state index < -0.39 is 5.62 Å². The highest BCUT2D eigenvalue weighted by Crippen LogP contribution is 2.53. The lowest BCUT2D eigenvalue weighted by Crippen LogP contribution is -1.98. The van der Waals surface area contributed by atoms with Crippen LogP contribution in [0, 0.1) is 0 Å². The van der Waals surface area contributed by atoms with Crippen molar-refractivity contribution in [1.29, 1.82) is 0 Å². The fourth-order valence-electron chi connectivity index (χ4n) is 0.659. The number of halogens is 1. The molecule has 4 heteroatoms. The lowest BCUT2D eigenvalue weighted by Gasteiger charge is -2.14. The SMILES string of the molecule is CCCCC(C)P(O)(=S)Cl. The average Bonchev–Trinajstić information content (AvgIpc) is 1.80. The second kappa shape index (κ2) is 4.71. The molecular formula is C6H14ClOPS. The monoisotopic (exact) mass is 200 g/mol. The Bertz CT molecular complexity index is 134. The van der Waals surface area contributed by atoms with Crippen LogP contribution in [0.4, 0.5) is 0 Å². The Labute approximate surface area is 72.7 Å². The summed E-state index contributed by atoms with van der Waals surface area (Å²) < 4.78 is 0. The summed E-state index contributed by atoms with van der Waals surface area (Å²) in [5.41, 5.74) is -2.37. The number of rotatable bonds is 4. The maximum absolute atomic E-state index is 9.20. The molecule has 0 bridgehead atoms. The first-order valence-corrected chi connectivity index (χ1v) is 7.23. The highest BCUT2D eigenvalue weighted by atomic mass is 35.7. The van der Waals surface area contributed by atoms with Crippen molar-refractivity contribution < 1.29 is 4.89 Å². The zero-order valence-electron chi connectivity index (χ0n) is 6.38. The number of hydrogen-bond acceptors (Lipinski definition) is 1. The minimum absolute atomic E-state index is 0.115. The molecule has 62 valence electrons. The maximum Gasteiger partial charge on any atom is 0.151 e. The van der Waals surface area contributed by atoms with Crippen LogP contribution in [0.15, 0.2) is 0 Å². The Morgan fingerprint density at radius 2 is 2.20 bits per heavy atom. The normalized spacial score (nSPS) is 20.0. The molecule has 0 rings (SSSR count). The van der Waals surface area contributed by atoms with Crippen molar-refractivity contribution in [3.63, 3.8) is 0 Å². The number of unbranched alkanes of at least 4 members (excludes halogenated alkanes) is 1. The topological polar surface area (TPSA) is 20.2 Å². The van der Waals surface area contributed by atoms with Gasteiger partial charge in [0.25, 0.3) is 0 Å². The summed E-state index contributed by atoms with van der Waals surface area (Å²) in [5, 5.41) is 0. The first-order chi connectivity index (χ1) is 4.48. The number of hydrogen-bond donors (Lipinski definition) is 1. The summed E-state index contributed by atoms with van der Waals surface area (Å²) in [6.45, 7) is 4.03. The van der Waals surface area contributed by atoms with Crippen molar-refractivity contribution in [3.05, 3.63) is 0 Å². The summed E-state index contributed by atoms with van der Waals surface area (Å²) >= 11 is 10.4. The van der Waals surface area contributed by atoms with Crippen molar-refractivity contribution in [2.24, 2.45) is 0 Å². The van der Waals surface area contributed by atoms with E-state index in [4.69, 9.17) is 23.0 Å². The summed E-state index contributed by atoms with van der Waals surface area (Å²) in [6, 6.07) is 0. The molecule has 1 nitrogen and oxygen atoms in total. The first kappa shape index (κ1) is 10.9. The van der Waals surface area contributed by atoms with Crippen LogP contribution >= 0.6 is 16.9 Å². The molecule has 10 heavy (non-hydrogen) atoms. The Morgan fingerprint density at radius 3 is 2.50 bits per heavy atom. The molecule has 2 unspecified atom stereocenters. The van der Waals surface area contributed by atoms with E-state index in [2.05, 4.69) is 6.92 Å². The van der Waals surface area contributed by atoms with Gasteiger partial charge in [-0.15, -0.1) is 0 Å². The minimum atomic E-state index is -2.48. The molecule has 2 atom stereocenters. The molecule has 0 aromatic rings.